The molecule has 0 spiro atoms. The van der Waals surface area contributed by atoms with Crippen LogP contribution in [0.3, 0.4) is 0 Å². The van der Waals surface area contributed by atoms with Crippen LogP contribution in [0.5, 0.6) is 5.75 Å². The van der Waals surface area contributed by atoms with E-state index in [1.807, 2.05) is 26.0 Å². The highest BCUT2D eigenvalue weighted by Crippen LogP contribution is 2.32. The van der Waals surface area contributed by atoms with Crippen molar-refractivity contribution >= 4 is 17.6 Å². The molecule has 0 radical (unpaired) electrons. The lowest BCUT2D eigenvalue weighted by atomic mass is 10.1. The van der Waals surface area contributed by atoms with Gasteiger partial charge in [0.05, 0.1) is 23.3 Å². The number of carbonyl (C=O) groups excluding carboxylic acids is 1. The number of halogens is 1. The zero-order valence-electron chi connectivity index (χ0n) is 17.5. The molecule has 8 heteroatoms. The van der Waals surface area contributed by atoms with Gasteiger partial charge in [-0.3, -0.25) is 4.79 Å². The second kappa shape index (κ2) is 10.1. The molecule has 2 aromatic carbocycles. The van der Waals surface area contributed by atoms with Crippen molar-refractivity contribution in [2.24, 2.45) is 0 Å². The Hall–Kier alpha value is -3.37. The minimum Gasteiger partial charge on any atom is -0.490 e. The average molecular weight is 440 g/mol. The molecule has 7 nitrogen and oxygen atoms in total. The van der Waals surface area contributed by atoms with Gasteiger partial charge in [0.15, 0.2) is 0 Å². The van der Waals surface area contributed by atoms with Crippen LogP contribution in [0.4, 0.5) is 0 Å². The Morgan fingerprint density at radius 2 is 2.10 bits per heavy atom. The number of aromatic nitrogens is 2. The van der Waals surface area contributed by atoms with Crippen molar-refractivity contribution < 1.29 is 18.8 Å². The number of rotatable bonds is 8. The lowest BCUT2D eigenvalue weighted by Gasteiger charge is -2.11. The number of ether oxygens (including phenoxy) is 2. The highest BCUT2D eigenvalue weighted by atomic mass is 35.5. The molecule has 160 valence electrons. The summed E-state index contributed by atoms with van der Waals surface area (Å²) < 4.78 is 16.0. The second-order valence-electron chi connectivity index (χ2n) is 7.00. The molecule has 3 aromatic rings. The summed E-state index contributed by atoms with van der Waals surface area (Å²) >= 11 is 6.54. The molecule has 0 unspecified atom stereocenters. The number of carbonyl (C=O) groups is 1. The van der Waals surface area contributed by atoms with Gasteiger partial charge in [-0.25, -0.2) is 0 Å². The summed E-state index contributed by atoms with van der Waals surface area (Å²) in [5.41, 5.74) is 2.37. The first kappa shape index (κ1) is 22.3. The van der Waals surface area contributed by atoms with E-state index >= 15 is 0 Å². The molecular formula is C23H22ClN3O4. The van der Waals surface area contributed by atoms with Crippen molar-refractivity contribution in [1.82, 2.24) is 10.1 Å². The first-order chi connectivity index (χ1) is 14.9. The van der Waals surface area contributed by atoms with E-state index in [1.165, 1.54) is 0 Å². The summed E-state index contributed by atoms with van der Waals surface area (Å²) in [5, 5.41) is 13.9. The van der Waals surface area contributed by atoms with Gasteiger partial charge >= 0.3 is 5.97 Å². The maximum atomic E-state index is 11.6. The number of benzene rings is 2. The minimum absolute atomic E-state index is 0.0498. The van der Waals surface area contributed by atoms with Crippen LogP contribution in [-0.2, 0) is 16.0 Å². The summed E-state index contributed by atoms with van der Waals surface area (Å²) in [6.07, 6.45) is 0.626. The summed E-state index contributed by atoms with van der Waals surface area (Å²) in [6.45, 7) is 5.90. The molecule has 1 aromatic heterocycles. The summed E-state index contributed by atoms with van der Waals surface area (Å²) in [6, 6.07) is 12.7. The van der Waals surface area contributed by atoms with Crippen LogP contribution < -0.4 is 4.74 Å². The molecular weight excluding hydrogens is 418 g/mol. The lowest BCUT2D eigenvalue weighted by molar-refractivity contribution is -0.143. The number of nitriles is 1. The Bertz CT molecular complexity index is 1120. The van der Waals surface area contributed by atoms with Crippen molar-refractivity contribution in [3.05, 3.63) is 52.5 Å². The molecule has 0 saturated carbocycles. The maximum absolute atomic E-state index is 11.6. The largest absolute Gasteiger partial charge is 0.490 e. The molecule has 0 fully saturated rings. The van der Waals surface area contributed by atoms with E-state index in [2.05, 4.69) is 16.2 Å². The first-order valence-electron chi connectivity index (χ1n) is 9.91. The SMILES string of the molecule is CCOC(=O)CCc1cccc(-c2noc(-c3ccc(OC(C)C)c(C#N)c3)n2)c1Cl. The number of hydrogen-bond acceptors (Lipinski definition) is 7. The molecule has 31 heavy (non-hydrogen) atoms. The van der Waals surface area contributed by atoms with Gasteiger partial charge in [-0.2, -0.15) is 10.2 Å². The van der Waals surface area contributed by atoms with E-state index in [-0.39, 0.29) is 24.4 Å². The zero-order chi connectivity index (χ0) is 22.4. The minimum atomic E-state index is -0.274. The fourth-order valence-corrected chi connectivity index (χ4v) is 3.28. The van der Waals surface area contributed by atoms with E-state index in [0.717, 1.165) is 5.56 Å². The van der Waals surface area contributed by atoms with Gasteiger partial charge < -0.3 is 14.0 Å². The van der Waals surface area contributed by atoms with E-state index in [0.29, 0.717) is 46.3 Å². The normalized spacial score (nSPS) is 10.7. The predicted molar refractivity (Wildman–Crippen MR) is 116 cm³/mol. The summed E-state index contributed by atoms with van der Waals surface area (Å²) in [5.74, 6) is 0.803. The number of esters is 1. The number of aryl methyl sites for hydroxylation is 1. The molecule has 0 bridgehead atoms. The number of nitrogens with zero attached hydrogens (tertiary/aromatic N) is 3. The molecule has 0 amide bonds. The molecule has 0 atom stereocenters. The van der Waals surface area contributed by atoms with Crippen LogP contribution in [0.1, 0.15) is 38.3 Å². The highest BCUT2D eigenvalue weighted by molar-refractivity contribution is 6.34. The van der Waals surface area contributed by atoms with Gasteiger partial charge in [0.25, 0.3) is 5.89 Å². The fourth-order valence-electron chi connectivity index (χ4n) is 2.97. The lowest BCUT2D eigenvalue weighted by Crippen LogP contribution is -2.06. The fraction of sp³-hybridized carbons (Fsp3) is 0.304. The Morgan fingerprint density at radius 3 is 2.81 bits per heavy atom. The maximum Gasteiger partial charge on any atom is 0.306 e. The van der Waals surface area contributed by atoms with Gasteiger partial charge in [0.1, 0.15) is 11.8 Å². The van der Waals surface area contributed by atoms with E-state index < -0.39 is 0 Å². The predicted octanol–water partition coefficient (Wildman–Crippen LogP) is 5.21. The molecule has 0 aliphatic rings. The van der Waals surface area contributed by atoms with Crippen molar-refractivity contribution in [2.75, 3.05) is 6.61 Å². The summed E-state index contributed by atoms with van der Waals surface area (Å²) in [4.78, 5) is 16.1. The average Bonchev–Trinajstić information content (AvgIpc) is 3.23. The highest BCUT2D eigenvalue weighted by Gasteiger charge is 2.17. The molecule has 0 aliphatic heterocycles. The van der Waals surface area contributed by atoms with Gasteiger partial charge in [0.2, 0.25) is 5.82 Å². The van der Waals surface area contributed by atoms with Crippen LogP contribution in [-0.4, -0.2) is 28.8 Å². The Kier molecular flexibility index (Phi) is 7.27. The Morgan fingerprint density at radius 1 is 1.29 bits per heavy atom. The van der Waals surface area contributed by atoms with Gasteiger partial charge in [-0.1, -0.05) is 28.9 Å². The van der Waals surface area contributed by atoms with Gasteiger partial charge in [-0.15, -0.1) is 0 Å². The van der Waals surface area contributed by atoms with Gasteiger partial charge in [-0.05, 0) is 57.0 Å². The molecule has 0 aliphatic carbocycles. The summed E-state index contributed by atoms with van der Waals surface area (Å²) in [7, 11) is 0. The Balaban J connectivity index is 1.85. The third-order valence-corrected chi connectivity index (χ3v) is 4.81. The van der Waals surface area contributed by atoms with Crippen molar-refractivity contribution in [3.8, 4) is 34.7 Å². The Labute approximate surface area is 185 Å². The van der Waals surface area contributed by atoms with Crippen LogP contribution >= 0.6 is 11.6 Å². The quantitative estimate of drug-likeness (QED) is 0.444. The standard InChI is InChI=1S/C23H22ClN3O4/c1-4-29-20(28)11-9-15-6-5-7-18(21(15)24)22-26-23(31-27-22)16-8-10-19(30-14(2)3)17(12-16)13-25/h5-8,10,12,14H,4,9,11H2,1-3H3. The third-order valence-electron chi connectivity index (χ3n) is 4.36. The molecule has 0 saturated heterocycles. The molecule has 3 rings (SSSR count). The van der Waals surface area contributed by atoms with Crippen molar-refractivity contribution in [1.29, 1.82) is 5.26 Å². The third kappa shape index (κ3) is 5.41. The van der Waals surface area contributed by atoms with Crippen LogP contribution in [0.15, 0.2) is 40.9 Å². The molecule has 1 heterocycles. The topological polar surface area (TPSA) is 98.2 Å². The number of hydrogen-bond donors (Lipinski definition) is 0. The monoisotopic (exact) mass is 439 g/mol. The van der Waals surface area contributed by atoms with Crippen molar-refractivity contribution in [2.45, 2.75) is 39.7 Å². The van der Waals surface area contributed by atoms with Crippen LogP contribution in [0.2, 0.25) is 5.02 Å². The smallest absolute Gasteiger partial charge is 0.306 e. The van der Waals surface area contributed by atoms with E-state index in [4.69, 9.17) is 25.6 Å². The second-order valence-corrected chi connectivity index (χ2v) is 7.37. The van der Waals surface area contributed by atoms with Crippen LogP contribution in [0.25, 0.3) is 22.8 Å². The molecule has 0 N–H and O–H groups in total. The first-order valence-corrected chi connectivity index (χ1v) is 10.3. The van der Waals surface area contributed by atoms with Crippen LogP contribution in [0, 0.1) is 11.3 Å². The zero-order valence-corrected chi connectivity index (χ0v) is 18.3. The van der Waals surface area contributed by atoms with Gasteiger partial charge in [0, 0.05) is 17.5 Å². The van der Waals surface area contributed by atoms with E-state index in [9.17, 15) is 10.1 Å². The van der Waals surface area contributed by atoms with Crippen molar-refractivity contribution in [3.63, 3.8) is 0 Å². The van der Waals surface area contributed by atoms with E-state index in [1.54, 1.807) is 31.2 Å².